The van der Waals surface area contributed by atoms with E-state index in [-0.39, 0.29) is 0 Å². The third-order valence-corrected chi connectivity index (χ3v) is 6.83. The smallest absolute Gasteiger partial charge is 0.169 e. The molecule has 0 amide bonds. The highest BCUT2D eigenvalue weighted by molar-refractivity contribution is 7.80. The van der Waals surface area contributed by atoms with Crippen LogP contribution in [-0.4, -0.2) is 60.9 Å². The molecule has 0 aliphatic carbocycles. The van der Waals surface area contributed by atoms with E-state index in [1.54, 1.807) is 4.90 Å². The molecule has 5 nitrogen and oxygen atoms in total. The first-order valence-electron chi connectivity index (χ1n) is 9.62. The van der Waals surface area contributed by atoms with Gasteiger partial charge >= 0.3 is 0 Å². The molecular formula is C19H27N4OS2+. The molecule has 3 heterocycles. The van der Waals surface area contributed by atoms with E-state index >= 15 is 0 Å². The zero-order chi connectivity index (χ0) is 17.8. The van der Waals surface area contributed by atoms with Crippen molar-refractivity contribution in [2.45, 2.75) is 25.3 Å². The summed E-state index contributed by atoms with van der Waals surface area (Å²) in [6.07, 6.45) is 3.59. The van der Waals surface area contributed by atoms with E-state index in [1.807, 2.05) is 11.3 Å². The van der Waals surface area contributed by atoms with Crippen molar-refractivity contribution in [1.29, 1.82) is 0 Å². The lowest BCUT2D eigenvalue weighted by atomic mass is 10.0. The Hall–Kier alpha value is -1.28. The van der Waals surface area contributed by atoms with Crippen molar-refractivity contribution in [2.75, 3.05) is 45.9 Å². The maximum Gasteiger partial charge on any atom is 0.169 e. The second-order valence-electron chi connectivity index (χ2n) is 7.07. The van der Waals surface area contributed by atoms with Crippen LogP contribution in [0, 0.1) is 0 Å². The minimum atomic E-state index is 0.317. The van der Waals surface area contributed by atoms with Crippen molar-refractivity contribution in [3.05, 3.63) is 29.3 Å². The van der Waals surface area contributed by atoms with Gasteiger partial charge in [-0.25, -0.2) is 4.98 Å². The molecule has 2 N–H and O–H groups in total. The third-order valence-electron chi connectivity index (χ3n) is 5.31. The van der Waals surface area contributed by atoms with Gasteiger partial charge in [0.05, 0.1) is 42.6 Å². The number of fused-ring (bicyclic) bond motifs is 1. The molecule has 26 heavy (non-hydrogen) atoms. The molecule has 1 aromatic carbocycles. The van der Waals surface area contributed by atoms with E-state index in [1.165, 1.54) is 22.5 Å². The summed E-state index contributed by atoms with van der Waals surface area (Å²) in [6.45, 7) is 7.02. The Morgan fingerprint density at radius 1 is 1.31 bits per heavy atom. The molecule has 2 fully saturated rings. The molecule has 7 heteroatoms. The number of morpholine rings is 1. The van der Waals surface area contributed by atoms with Crippen molar-refractivity contribution >= 4 is 38.9 Å². The second kappa shape index (κ2) is 8.61. The van der Waals surface area contributed by atoms with Crippen molar-refractivity contribution in [3.8, 4) is 0 Å². The molecule has 1 atom stereocenters. The summed E-state index contributed by atoms with van der Waals surface area (Å²) in [5.74, 6) is 0. The van der Waals surface area contributed by atoms with Gasteiger partial charge in [-0.1, -0.05) is 12.1 Å². The standard InChI is InChI=1S/C19H26N4OS2/c25-19(20-8-10-22-11-13-24-14-12-22)23-9-4-3-6-16(23)18-21-15-5-1-2-7-17(15)26-18/h1-2,5,7,16H,3-4,6,8-14H2,(H,20,25)/p+1/t16-/m0/s1. The molecule has 0 spiro atoms. The Balaban J connectivity index is 1.39. The van der Waals surface area contributed by atoms with Crippen LogP contribution < -0.4 is 10.2 Å². The van der Waals surface area contributed by atoms with Gasteiger partial charge in [-0.05, 0) is 43.6 Å². The highest BCUT2D eigenvalue weighted by atomic mass is 32.1. The van der Waals surface area contributed by atoms with Crippen molar-refractivity contribution in [1.82, 2.24) is 15.2 Å². The zero-order valence-corrected chi connectivity index (χ0v) is 16.7. The molecular weight excluding hydrogens is 364 g/mol. The lowest BCUT2D eigenvalue weighted by Gasteiger charge is -2.36. The molecule has 2 aromatic rings. The van der Waals surface area contributed by atoms with Crippen LogP contribution in [0.15, 0.2) is 24.3 Å². The van der Waals surface area contributed by atoms with Gasteiger partial charge in [-0.3, -0.25) is 0 Å². The molecule has 1 aromatic heterocycles. The second-order valence-corrected chi connectivity index (χ2v) is 8.52. The predicted molar refractivity (Wildman–Crippen MR) is 110 cm³/mol. The molecule has 2 aliphatic heterocycles. The lowest BCUT2D eigenvalue weighted by Crippen LogP contribution is -3.14. The SMILES string of the molecule is S=C(NCC[NH+]1CCOCC1)N1CCCC[C@H]1c1nc2ccccc2s1. The van der Waals surface area contributed by atoms with E-state index in [2.05, 4.69) is 34.5 Å². The highest BCUT2D eigenvalue weighted by Gasteiger charge is 2.28. The Morgan fingerprint density at radius 2 is 2.15 bits per heavy atom. The summed E-state index contributed by atoms with van der Waals surface area (Å²) in [4.78, 5) is 8.87. The van der Waals surface area contributed by atoms with Crippen LogP contribution >= 0.6 is 23.6 Å². The number of quaternary nitrogens is 1. The van der Waals surface area contributed by atoms with Crippen LogP contribution in [0.5, 0.6) is 0 Å². The van der Waals surface area contributed by atoms with Crippen LogP contribution in [0.25, 0.3) is 10.2 Å². The Kier molecular flexibility index (Phi) is 5.99. The summed E-state index contributed by atoms with van der Waals surface area (Å²) in [6, 6.07) is 8.72. The van der Waals surface area contributed by atoms with Crippen LogP contribution in [0.4, 0.5) is 0 Å². The van der Waals surface area contributed by atoms with Gasteiger partial charge < -0.3 is 19.9 Å². The summed E-state index contributed by atoms with van der Waals surface area (Å²) >= 11 is 7.57. The number of aromatic nitrogens is 1. The molecule has 4 rings (SSSR count). The van der Waals surface area contributed by atoms with Crippen LogP contribution in [0.1, 0.15) is 30.3 Å². The predicted octanol–water partition coefficient (Wildman–Crippen LogP) is 1.61. The largest absolute Gasteiger partial charge is 0.370 e. The lowest BCUT2D eigenvalue weighted by molar-refractivity contribution is -0.906. The Bertz CT molecular complexity index is 711. The number of hydrogen-bond donors (Lipinski definition) is 2. The van der Waals surface area contributed by atoms with E-state index < -0.39 is 0 Å². The quantitative estimate of drug-likeness (QED) is 0.775. The van der Waals surface area contributed by atoms with Crippen LogP contribution in [0.2, 0.25) is 0 Å². The number of nitrogens with zero attached hydrogens (tertiary/aromatic N) is 2. The van der Waals surface area contributed by atoms with Crippen LogP contribution in [0.3, 0.4) is 0 Å². The Morgan fingerprint density at radius 3 is 3.00 bits per heavy atom. The van der Waals surface area contributed by atoms with Gasteiger partial charge in [0.15, 0.2) is 5.11 Å². The molecule has 140 valence electrons. The number of likely N-dealkylation sites (tertiary alicyclic amines) is 1. The average molecular weight is 392 g/mol. The third kappa shape index (κ3) is 4.17. The topological polar surface area (TPSA) is 41.8 Å². The Labute approximate surface area is 164 Å². The number of para-hydroxylation sites is 1. The first-order chi connectivity index (χ1) is 12.8. The summed E-state index contributed by atoms with van der Waals surface area (Å²) in [5.41, 5.74) is 1.10. The maximum atomic E-state index is 5.76. The minimum Gasteiger partial charge on any atom is -0.370 e. The number of piperidine rings is 1. The van der Waals surface area contributed by atoms with Gasteiger partial charge in [0, 0.05) is 6.54 Å². The van der Waals surface area contributed by atoms with Gasteiger partial charge in [0.25, 0.3) is 0 Å². The number of rotatable bonds is 4. The molecule has 0 unspecified atom stereocenters. The number of ether oxygens (including phenoxy) is 1. The normalized spacial score (nSPS) is 21.8. The summed E-state index contributed by atoms with van der Waals surface area (Å²) < 4.78 is 6.70. The van der Waals surface area contributed by atoms with Gasteiger partial charge in [0.1, 0.15) is 18.1 Å². The molecule has 0 bridgehead atoms. The molecule has 0 saturated carbocycles. The van der Waals surface area contributed by atoms with E-state index in [9.17, 15) is 0 Å². The van der Waals surface area contributed by atoms with E-state index in [0.717, 1.165) is 63.0 Å². The van der Waals surface area contributed by atoms with E-state index in [4.69, 9.17) is 21.9 Å². The highest BCUT2D eigenvalue weighted by Crippen LogP contribution is 2.35. The van der Waals surface area contributed by atoms with Crippen molar-refractivity contribution < 1.29 is 9.64 Å². The fourth-order valence-electron chi connectivity index (χ4n) is 3.82. The maximum absolute atomic E-state index is 5.76. The monoisotopic (exact) mass is 391 g/mol. The van der Waals surface area contributed by atoms with Gasteiger partial charge in [0.2, 0.25) is 0 Å². The fourth-order valence-corrected chi connectivity index (χ4v) is 5.26. The number of hydrogen-bond acceptors (Lipinski definition) is 4. The van der Waals surface area contributed by atoms with E-state index in [0.29, 0.717) is 6.04 Å². The minimum absolute atomic E-state index is 0.317. The van der Waals surface area contributed by atoms with Crippen molar-refractivity contribution in [2.24, 2.45) is 0 Å². The number of thiocarbonyl (C=S) groups is 1. The first-order valence-corrected chi connectivity index (χ1v) is 10.8. The van der Waals surface area contributed by atoms with Gasteiger partial charge in [-0.2, -0.15) is 0 Å². The molecule has 2 saturated heterocycles. The number of nitrogens with one attached hydrogen (secondary N) is 2. The molecule has 0 radical (unpaired) electrons. The number of thiazole rings is 1. The van der Waals surface area contributed by atoms with Gasteiger partial charge in [-0.15, -0.1) is 11.3 Å². The number of benzene rings is 1. The molecule has 2 aliphatic rings. The summed E-state index contributed by atoms with van der Waals surface area (Å²) in [7, 11) is 0. The first kappa shape index (κ1) is 18.1. The van der Waals surface area contributed by atoms with Crippen LogP contribution in [-0.2, 0) is 4.74 Å². The zero-order valence-electron chi connectivity index (χ0n) is 15.1. The fraction of sp³-hybridized carbons (Fsp3) is 0.579. The van der Waals surface area contributed by atoms with Crippen molar-refractivity contribution in [3.63, 3.8) is 0 Å². The average Bonchev–Trinajstić information content (AvgIpc) is 3.13. The summed E-state index contributed by atoms with van der Waals surface area (Å²) in [5, 5.41) is 5.60.